The van der Waals surface area contributed by atoms with Gasteiger partial charge in [-0.2, -0.15) is 0 Å². The summed E-state index contributed by atoms with van der Waals surface area (Å²) < 4.78 is 13.6. The molecule has 1 amide bonds. The maximum atomic E-state index is 13.6. The van der Waals surface area contributed by atoms with Gasteiger partial charge in [0.15, 0.2) is 0 Å². The molecule has 0 heterocycles. The van der Waals surface area contributed by atoms with Crippen molar-refractivity contribution in [3.63, 3.8) is 0 Å². The van der Waals surface area contributed by atoms with Gasteiger partial charge in [-0.3, -0.25) is 4.79 Å². The largest absolute Gasteiger partial charge is 0.352 e. The molecule has 19 heavy (non-hydrogen) atoms. The average molecular weight is 304 g/mol. The summed E-state index contributed by atoms with van der Waals surface area (Å²) >= 11 is 11.9. The van der Waals surface area contributed by atoms with E-state index in [1.807, 2.05) is 0 Å². The number of nitrogens with one attached hydrogen (secondary N) is 1. The van der Waals surface area contributed by atoms with Crippen molar-refractivity contribution in [3.05, 3.63) is 34.6 Å². The molecule has 5 heteroatoms. The van der Waals surface area contributed by atoms with E-state index in [2.05, 4.69) is 5.32 Å². The molecule has 1 N–H and O–H groups in total. The second-order valence-corrected chi connectivity index (χ2v) is 5.95. The smallest absolute Gasteiger partial charge is 0.255 e. The molecule has 104 valence electrons. The molecule has 0 unspecified atom stereocenters. The van der Waals surface area contributed by atoms with Gasteiger partial charge < -0.3 is 5.32 Å². The van der Waals surface area contributed by atoms with Crippen LogP contribution in [0.4, 0.5) is 4.39 Å². The van der Waals surface area contributed by atoms with E-state index in [0.717, 1.165) is 25.7 Å². The highest BCUT2D eigenvalue weighted by atomic mass is 35.5. The Labute approximate surface area is 122 Å². The molecule has 1 aliphatic carbocycles. The minimum atomic E-state index is -0.588. The van der Waals surface area contributed by atoms with Gasteiger partial charge in [0.05, 0.1) is 10.6 Å². The van der Waals surface area contributed by atoms with E-state index >= 15 is 0 Å². The van der Waals surface area contributed by atoms with E-state index in [0.29, 0.717) is 12.5 Å². The van der Waals surface area contributed by atoms with E-state index in [9.17, 15) is 9.18 Å². The summed E-state index contributed by atoms with van der Waals surface area (Å²) in [6.45, 7) is 0.549. The van der Waals surface area contributed by atoms with Crippen LogP contribution in [0, 0.1) is 11.7 Å². The van der Waals surface area contributed by atoms with Gasteiger partial charge in [-0.1, -0.05) is 17.7 Å². The van der Waals surface area contributed by atoms with Gasteiger partial charge in [0.2, 0.25) is 0 Å². The molecule has 1 saturated carbocycles. The Morgan fingerprint density at radius 3 is 2.63 bits per heavy atom. The molecule has 1 aromatic rings. The minimum absolute atomic E-state index is 0.0739. The molecule has 2 nitrogen and oxygen atoms in total. The zero-order chi connectivity index (χ0) is 13.8. The minimum Gasteiger partial charge on any atom is -0.352 e. The second-order valence-electron chi connectivity index (χ2n) is 4.92. The van der Waals surface area contributed by atoms with Crippen LogP contribution < -0.4 is 5.32 Å². The van der Waals surface area contributed by atoms with Crippen LogP contribution in [0.2, 0.25) is 5.02 Å². The molecule has 0 aromatic heterocycles. The lowest BCUT2D eigenvalue weighted by Crippen LogP contribution is -2.32. The maximum absolute atomic E-state index is 13.6. The van der Waals surface area contributed by atoms with Gasteiger partial charge in [-0.05, 0) is 43.7 Å². The first kappa shape index (κ1) is 14.6. The Morgan fingerprint density at radius 2 is 2.00 bits per heavy atom. The van der Waals surface area contributed by atoms with Gasteiger partial charge in [0.25, 0.3) is 5.91 Å². The lowest BCUT2D eigenvalue weighted by Gasteiger charge is -2.25. The Balaban J connectivity index is 1.91. The van der Waals surface area contributed by atoms with Crippen LogP contribution in [-0.4, -0.2) is 17.8 Å². The summed E-state index contributed by atoms with van der Waals surface area (Å²) in [5.41, 5.74) is -0.0739. The van der Waals surface area contributed by atoms with Crippen molar-refractivity contribution in [2.45, 2.75) is 31.1 Å². The summed E-state index contributed by atoms with van der Waals surface area (Å²) in [6, 6.07) is 4.23. The van der Waals surface area contributed by atoms with Crippen LogP contribution in [0.15, 0.2) is 18.2 Å². The highest BCUT2D eigenvalue weighted by Gasteiger charge is 2.21. The second kappa shape index (κ2) is 6.58. The summed E-state index contributed by atoms with van der Waals surface area (Å²) in [7, 11) is 0. The van der Waals surface area contributed by atoms with Crippen molar-refractivity contribution in [1.29, 1.82) is 0 Å². The zero-order valence-corrected chi connectivity index (χ0v) is 12.0. The first-order valence-electron chi connectivity index (χ1n) is 6.44. The van der Waals surface area contributed by atoms with Crippen LogP contribution in [0.3, 0.4) is 0 Å². The lowest BCUT2D eigenvalue weighted by atomic mass is 9.89. The van der Waals surface area contributed by atoms with Crippen molar-refractivity contribution in [3.8, 4) is 0 Å². The van der Waals surface area contributed by atoms with Crippen LogP contribution in [0.5, 0.6) is 0 Å². The zero-order valence-electron chi connectivity index (χ0n) is 10.5. The number of hydrogen-bond acceptors (Lipinski definition) is 1. The number of carbonyl (C=O) groups is 1. The number of rotatable bonds is 3. The lowest BCUT2D eigenvalue weighted by molar-refractivity contribution is 0.0940. The Bertz CT molecular complexity index is 439. The average Bonchev–Trinajstić information content (AvgIpc) is 2.38. The number of halogens is 3. The Kier molecular flexibility index (Phi) is 5.06. The van der Waals surface area contributed by atoms with Crippen LogP contribution in [0.25, 0.3) is 0 Å². The van der Waals surface area contributed by atoms with Crippen molar-refractivity contribution in [1.82, 2.24) is 5.32 Å². The van der Waals surface area contributed by atoms with E-state index in [1.165, 1.54) is 18.2 Å². The van der Waals surface area contributed by atoms with Gasteiger partial charge in [-0.15, -0.1) is 11.6 Å². The normalized spacial score (nSPS) is 23.1. The van der Waals surface area contributed by atoms with Gasteiger partial charge in [0, 0.05) is 11.9 Å². The molecule has 0 spiro atoms. The Morgan fingerprint density at radius 1 is 1.32 bits per heavy atom. The van der Waals surface area contributed by atoms with E-state index in [4.69, 9.17) is 23.2 Å². The van der Waals surface area contributed by atoms with E-state index in [-0.39, 0.29) is 16.0 Å². The van der Waals surface area contributed by atoms with E-state index in [1.54, 1.807) is 0 Å². The summed E-state index contributed by atoms with van der Waals surface area (Å²) in [5, 5.41) is 3.16. The summed E-state index contributed by atoms with van der Waals surface area (Å²) in [5.74, 6) is -0.616. The van der Waals surface area contributed by atoms with E-state index < -0.39 is 11.7 Å². The number of benzene rings is 1. The molecule has 2 rings (SSSR count). The fraction of sp³-hybridized carbons (Fsp3) is 0.500. The molecular weight excluding hydrogens is 288 g/mol. The summed E-state index contributed by atoms with van der Waals surface area (Å²) in [4.78, 5) is 11.9. The van der Waals surface area contributed by atoms with Crippen molar-refractivity contribution in [2.24, 2.45) is 5.92 Å². The molecule has 1 fully saturated rings. The molecule has 1 aromatic carbocycles. The third-order valence-electron chi connectivity index (χ3n) is 3.52. The molecule has 0 radical (unpaired) electrons. The molecule has 0 saturated heterocycles. The third-order valence-corrected chi connectivity index (χ3v) is 4.27. The standard InChI is InChI=1S/C14H16Cl2FNO/c15-10-6-4-9(5-7-10)8-18-14(19)13-11(16)2-1-3-12(13)17/h1-3,9-10H,4-8H2,(H,18,19). The number of amides is 1. The van der Waals surface area contributed by atoms with Crippen molar-refractivity contribution >= 4 is 29.1 Å². The molecule has 0 aliphatic heterocycles. The van der Waals surface area contributed by atoms with Crippen LogP contribution >= 0.6 is 23.2 Å². The number of hydrogen-bond donors (Lipinski definition) is 1. The number of carbonyl (C=O) groups excluding carboxylic acids is 1. The monoisotopic (exact) mass is 303 g/mol. The predicted octanol–water partition coefficient (Wildman–Crippen LogP) is 4.01. The third kappa shape index (κ3) is 3.83. The summed E-state index contributed by atoms with van der Waals surface area (Å²) in [6.07, 6.45) is 3.95. The SMILES string of the molecule is O=C(NCC1CCC(Cl)CC1)c1c(F)cccc1Cl. The van der Waals surface area contributed by atoms with Crippen LogP contribution in [0.1, 0.15) is 36.0 Å². The van der Waals surface area contributed by atoms with Crippen LogP contribution in [-0.2, 0) is 0 Å². The maximum Gasteiger partial charge on any atom is 0.255 e. The van der Waals surface area contributed by atoms with Gasteiger partial charge in [0.1, 0.15) is 5.82 Å². The van der Waals surface area contributed by atoms with Gasteiger partial charge >= 0.3 is 0 Å². The highest BCUT2D eigenvalue weighted by molar-refractivity contribution is 6.33. The molecule has 1 aliphatic rings. The fourth-order valence-corrected chi connectivity index (χ4v) is 2.87. The van der Waals surface area contributed by atoms with Crippen molar-refractivity contribution < 1.29 is 9.18 Å². The first-order valence-corrected chi connectivity index (χ1v) is 7.25. The van der Waals surface area contributed by atoms with Gasteiger partial charge in [-0.25, -0.2) is 4.39 Å². The van der Waals surface area contributed by atoms with Crippen molar-refractivity contribution in [2.75, 3.05) is 6.54 Å². The Hall–Kier alpha value is -0.800. The molecular formula is C14H16Cl2FNO. The topological polar surface area (TPSA) is 29.1 Å². The quantitative estimate of drug-likeness (QED) is 0.840. The molecule has 0 bridgehead atoms. The molecule has 0 atom stereocenters. The highest BCUT2D eigenvalue weighted by Crippen LogP contribution is 2.27. The fourth-order valence-electron chi connectivity index (χ4n) is 2.37. The first-order chi connectivity index (χ1) is 9.08. The predicted molar refractivity (Wildman–Crippen MR) is 75.3 cm³/mol. The number of alkyl halides is 1.